The van der Waals surface area contributed by atoms with Crippen LogP contribution in [0.2, 0.25) is 0 Å². The molecule has 5 amide bonds. The highest BCUT2D eigenvalue weighted by atomic mass is 16.3. The van der Waals surface area contributed by atoms with E-state index in [0.29, 0.717) is 32.2 Å². The van der Waals surface area contributed by atoms with Crippen LogP contribution >= 0.6 is 0 Å². The van der Waals surface area contributed by atoms with E-state index < -0.39 is 47.4 Å². The molecule has 0 aromatic rings. The summed E-state index contributed by atoms with van der Waals surface area (Å²) >= 11 is 0. The molecule has 1 aliphatic heterocycles. The third kappa shape index (κ3) is 8.48. The molecule has 5 N–H and O–H groups in total. The van der Waals surface area contributed by atoms with Gasteiger partial charge in [-0.1, -0.05) is 34.1 Å². The number of hydrogen-bond acceptors (Lipinski definition) is 6. The van der Waals surface area contributed by atoms with Crippen molar-refractivity contribution in [3.05, 3.63) is 0 Å². The average molecular weight is 496 g/mol. The first kappa shape index (κ1) is 28.5. The molecule has 4 atom stereocenters. The van der Waals surface area contributed by atoms with Gasteiger partial charge in [-0.25, -0.2) is 0 Å². The minimum Gasteiger partial charge on any atom is -0.381 e. The van der Waals surface area contributed by atoms with E-state index in [-0.39, 0.29) is 24.4 Å². The first-order valence-corrected chi connectivity index (χ1v) is 12.5. The molecular formula is C24H41N5O6. The molecule has 0 aromatic carbocycles. The van der Waals surface area contributed by atoms with Gasteiger partial charge in [0, 0.05) is 19.5 Å². The number of nitrogens with zero attached hydrogens (tertiary/aromatic N) is 1. The van der Waals surface area contributed by atoms with Crippen molar-refractivity contribution in [1.29, 1.82) is 0 Å². The van der Waals surface area contributed by atoms with Gasteiger partial charge in [0.1, 0.15) is 12.1 Å². The van der Waals surface area contributed by atoms with Gasteiger partial charge in [-0.2, -0.15) is 0 Å². The van der Waals surface area contributed by atoms with Crippen molar-refractivity contribution in [3.8, 4) is 0 Å². The number of likely N-dealkylation sites (tertiary alicyclic amines) is 1. The normalized spacial score (nSPS) is 20.4. The molecule has 0 spiro atoms. The lowest BCUT2D eigenvalue weighted by Crippen LogP contribution is -2.60. The Labute approximate surface area is 207 Å². The number of nitrogens with one attached hydrogen (secondary N) is 4. The van der Waals surface area contributed by atoms with Crippen LogP contribution in [0.3, 0.4) is 0 Å². The lowest BCUT2D eigenvalue weighted by Gasteiger charge is -2.36. The fourth-order valence-electron chi connectivity index (χ4n) is 4.13. The van der Waals surface area contributed by atoms with Crippen LogP contribution in [-0.4, -0.2) is 82.9 Å². The van der Waals surface area contributed by atoms with E-state index in [1.54, 1.807) is 0 Å². The lowest BCUT2D eigenvalue weighted by molar-refractivity contribution is -0.144. The number of amides is 5. The van der Waals surface area contributed by atoms with Crippen LogP contribution in [0.4, 0.5) is 0 Å². The van der Waals surface area contributed by atoms with Crippen LogP contribution in [0.1, 0.15) is 73.1 Å². The molecule has 1 heterocycles. The predicted octanol–water partition coefficient (Wildman–Crippen LogP) is -0.431. The fourth-order valence-corrected chi connectivity index (χ4v) is 4.13. The highest BCUT2D eigenvalue weighted by Gasteiger charge is 2.42. The Morgan fingerprint density at radius 2 is 1.71 bits per heavy atom. The Kier molecular flexibility index (Phi) is 10.1. The Balaban J connectivity index is 2.09. The molecule has 1 saturated carbocycles. The number of carbonyl (C=O) groups is 5. The third-order valence-corrected chi connectivity index (χ3v) is 6.26. The van der Waals surface area contributed by atoms with E-state index in [2.05, 4.69) is 21.3 Å². The molecule has 35 heavy (non-hydrogen) atoms. The quantitative estimate of drug-likeness (QED) is 0.262. The summed E-state index contributed by atoms with van der Waals surface area (Å²) in [6, 6.07) is -2.34. The maximum absolute atomic E-state index is 13.5. The van der Waals surface area contributed by atoms with Crippen molar-refractivity contribution in [1.82, 2.24) is 26.2 Å². The summed E-state index contributed by atoms with van der Waals surface area (Å²) in [6.07, 6.45) is 2.52. The Hall–Kier alpha value is -2.69. The molecule has 2 fully saturated rings. The average Bonchev–Trinajstić information content (AvgIpc) is 3.44. The second-order valence-corrected chi connectivity index (χ2v) is 10.6. The summed E-state index contributed by atoms with van der Waals surface area (Å²) in [5.41, 5.74) is -0.644. The van der Waals surface area contributed by atoms with Crippen LogP contribution < -0.4 is 21.3 Å². The van der Waals surface area contributed by atoms with Crippen LogP contribution in [0.15, 0.2) is 0 Å². The number of aliphatic hydroxyl groups is 1. The van der Waals surface area contributed by atoms with Gasteiger partial charge in [-0.05, 0) is 37.5 Å². The SMILES string of the molecule is CCCC(NC(=O)C1CCCN1C(=O)C(NC(=O)CNC(C)=O)C(C)(C)C)C(O)C(=O)NC1CC1. The van der Waals surface area contributed by atoms with Crippen molar-refractivity contribution < 1.29 is 29.1 Å². The molecule has 4 unspecified atom stereocenters. The number of carbonyl (C=O) groups excluding carboxylic acids is 5. The second kappa shape index (κ2) is 12.3. The van der Waals surface area contributed by atoms with Crippen LogP contribution in [0, 0.1) is 5.41 Å². The molecule has 0 radical (unpaired) electrons. The van der Waals surface area contributed by atoms with Crippen LogP contribution in [0.5, 0.6) is 0 Å². The first-order valence-electron chi connectivity index (χ1n) is 12.5. The fraction of sp³-hybridized carbons (Fsp3) is 0.792. The van der Waals surface area contributed by atoms with E-state index in [4.69, 9.17) is 0 Å². The third-order valence-electron chi connectivity index (χ3n) is 6.26. The van der Waals surface area contributed by atoms with Gasteiger partial charge >= 0.3 is 0 Å². The summed E-state index contributed by atoms with van der Waals surface area (Å²) in [5.74, 6) is -2.17. The number of hydrogen-bond donors (Lipinski definition) is 5. The predicted molar refractivity (Wildman–Crippen MR) is 129 cm³/mol. The standard InChI is InChI=1S/C24H41N5O6/c1-6-8-16(19(32)22(34)26-15-10-11-15)27-21(33)17-9-7-12-29(17)23(35)20(24(3,4)5)28-18(31)13-25-14(2)30/h15-17,19-20,32H,6-13H2,1-5H3,(H,25,30)(H,26,34)(H,27,33)(H,28,31). The number of rotatable bonds is 11. The minimum absolute atomic E-state index is 0.0910. The zero-order valence-corrected chi connectivity index (χ0v) is 21.5. The van der Waals surface area contributed by atoms with Gasteiger partial charge in [0.2, 0.25) is 23.6 Å². The summed E-state index contributed by atoms with van der Waals surface area (Å²) in [6.45, 7) is 8.73. The molecule has 2 aliphatic rings. The Bertz CT molecular complexity index is 807. The van der Waals surface area contributed by atoms with E-state index >= 15 is 0 Å². The maximum Gasteiger partial charge on any atom is 0.251 e. The molecule has 11 heteroatoms. The van der Waals surface area contributed by atoms with Crippen molar-refractivity contribution >= 4 is 29.5 Å². The van der Waals surface area contributed by atoms with Crippen molar-refractivity contribution in [3.63, 3.8) is 0 Å². The largest absolute Gasteiger partial charge is 0.381 e. The zero-order valence-electron chi connectivity index (χ0n) is 21.5. The highest BCUT2D eigenvalue weighted by molar-refractivity contribution is 5.94. The highest BCUT2D eigenvalue weighted by Crippen LogP contribution is 2.26. The summed E-state index contributed by atoms with van der Waals surface area (Å²) in [5, 5.41) is 21.2. The second-order valence-electron chi connectivity index (χ2n) is 10.6. The molecule has 0 bridgehead atoms. The van der Waals surface area contributed by atoms with Gasteiger partial charge in [0.25, 0.3) is 5.91 Å². The monoisotopic (exact) mass is 495 g/mol. The summed E-state index contributed by atoms with van der Waals surface area (Å²) in [4.78, 5) is 63.9. The van der Waals surface area contributed by atoms with Gasteiger partial charge in [-0.15, -0.1) is 0 Å². The topological polar surface area (TPSA) is 157 Å². The van der Waals surface area contributed by atoms with E-state index in [9.17, 15) is 29.1 Å². The van der Waals surface area contributed by atoms with Crippen LogP contribution in [0.25, 0.3) is 0 Å². The summed E-state index contributed by atoms with van der Waals surface area (Å²) < 4.78 is 0. The van der Waals surface area contributed by atoms with Crippen LogP contribution in [-0.2, 0) is 24.0 Å². The Morgan fingerprint density at radius 3 is 2.26 bits per heavy atom. The van der Waals surface area contributed by atoms with E-state index in [0.717, 1.165) is 12.8 Å². The van der Waals surface area contributed by atoms with Crippen molar-refractivity contribution in [2.45, 2.75) is 103 Å². The number of aliphatic hydroxyl groups excluding tert-OH is 1. The molecule has 2 rings (SSSR count). The van der Waals surface area contributed by atoms with Gasteiger partial charge < -0.3 is 31.3 Å². The minimum atomic E-state index is -1.37. The van der Waals surface area contributed by atoms with Gasteiger partial charge in [-0.3, -0.25) is 24.0 Å². The first-order chi connectivity index (χ1) is 16.3. The van der Waals surface area contributed by atoms with Gasteiger partial charge in [0.15, 0.2) is 6.10 Å². The smallest absolute Gasteiger partial charge is 0.251 e. The summed E-state index contributed by atoms with van der Waals surface area (Å²) in [7, 11) is 0. The van der Waals surface area contributed by atoms with E-state index in [1.165, 1.54) is 11.8 Å². The van der Waals surface area contributed by atoms with Crippen molar-refractivity contribution in [2.24, 2.45) is 5.41 Å². The zero-order chi connectivity index (χ0) is 26.3. The maximum atomic E-state index is 13.5. The van der Waals surface area contributed by atoms with E-state index in [1.807, 2.05) is 27.7 Å². The molecular weight excluding hydrogens is 454 g/mol. The lowest BCUT2D eigenvalue weighted by atomic mass is 9.85. The molecule has 11 nitrogen and oxygen atoms in total. The molecule has 198 valence electrons. The molecule has 0 aromatic heterocycles. The van der Waals surface area contributed by atoms with Gasteiger partial charge in [0.05, 0.1) is 12.6 Å². The Morgan fingerprint density at radius 1 is 1.06 bits per heavy atom. The van der Waals surface area contributed by atoms with Crippen molar-refractivity contribution in [2.75, 3.05) is 13.1 Å². The molecule has 1 aliphatic carbocycles. The molecule has 1 saturated heterocycles.